The van der Waals surface area contributed by atoms with Crippen molar-refractivity contribution in [3.8, 4) is 11.4 Å². The van der Waals surface area contributed by atoms with Gasteiger partial charge in [-0.25, -0.2) is 4.68 Å². The molecular weight excluding hydrogens is 383 g/mol. The Balaban J connectivity index is 1.69. The molecule has 0 bridgehead atoms. The Labute approximate surface area is 158 Å². The highest BCUT2D eigenvalue weighted by atomic mass is 19.4. The standard InChI is InChI=1S/C18H21F5N4O/c1-24-11-12-3-5-13(6-4-12)16-25-27(26(16)2)14-7-9-15(10-8-14)28-18(22,23)17(19,20)21/h5,7-10,12,24H,3-4,6,11H2,1-2H3. The summed E-state index contributed by atoms with van der Waals surface area (Å²) in [6, 6.07) is 4.85. The van der Waals surface area contributed by atoms with Gasteiger partial charge in [-0.1, -0.05) is 6.08 Å². The van der Waals surface area contributed by atoms with E-state index < -0.39 is 18.0 Å². The van der Waals surface area contributed by atoms with E-state index in [1.165, 1.54) is 12.1 Å². The SMILES string of the molecule is CNCC1CC=C(c2nn(-c3ccc(OC(F)(F)C(F)(F)F)cc3)n2C)CC1. The lowest BCUT2D eigenvalue weighted by molar-refractivity contribution is -0.360. The maximum atomic E-state index is 13.0. The van der Waals surface area contributed by atoms with Crippen LogP contribution in [0.3, 0.4) is 0 Å². The van der Waals surface area contributed by atoms with E-state index in [9.17, 15) is 22.0 Å². The monoisotopic (exact) mass is 404 g/mol. The number of nitrogens with zero attached hydrogens (tertiary/aromatic N) is 3. The third-order valence-corrected chi connectivity index (χ3v) is 4.72. The minimum Gasteiger partial charge on any atom is -0.426 e. The van der Waals surface area contributed by atoms with Crippen LogP contribution in [0.1, 0.15) is 25.1 Å². The molecule has 1 aromatic carbocycles. The van der Waals surface area contributed by atoms with Crippen LogP contribution in [0.5, 0.6) is 5.75 Å². The van der Waals surface area contributed by atoms with Crippen LogP contribution in [0.2, 0.25) is 0 Å². The maximum Gasteiger partial charge on any atom is 0.499 e. The van der Waals surface area contributed by atoms with Gasteiger partial charge in [0.1, 0.15) is 5.75 Å². The molecule has 1 aliphatic carbocycles. The van der Waals surface area contributed by atoms with Gasteiger partial charge in [-0.2, -0.15) is 26.7 Å². The highest BCUT2D eigenvalue weighted by molar-refractivity contribution is 5.61. The molecule has 1 N–H and O–H groups in total. The Kier molecular flexibility index (Phi) is 5.51. The normalized spacial score (nSPS) is 18.2. The maximum absolute atomic E-state index is 13.0. The number of ether oxygens (including phenoxy) is 1. The van der Waals surface area contributed by atoms with Crippen molar-refractivity contribution >= 4 is 5.57 Å². The first-order valence-electron chi connectivity index (χ1n) is 8.82. The summed E-state index contributed by atoms with van der Waals surface area (Å²) in [6.07, 6.45) is -5.88. The number of allylic oxidation sites excluding steroid dienone is 2. The molecule has 1 unspecified atom stereocenters. The topological polar surface area (TPSA) is 44.0 Å². The van der Waals surface area contributed by atoms with E-state index >= 15 is 0 Å². The molecule has 2 aromatic rings. The molecule has 0 radical (unpaired) electrons. The number of aromatic nitrogens is 3. The number of hydrogen-bond acceptors (Lipinski definition) is 3. The van der Waals surface area contributed by atoms with Gasteiger partial charge in [0.05, 0.1) is 5.69 Å². The summed E-state index contributed by atoms with van der Waals surface area (Å²) in [4.78, 5) is 1.54. The predicted molar refractivity (Wildman–Crippen MR) is 93.4 cm³/mol. The highest BCUT2D eigenvalue weighted by Gasteiger charge is 2.61. The Hall–Kier alpha value is -2.36. The Morgan fingerprint density at radius 1 is 1.18 bits per heavy atom. The van der Waals surface area contributed by atoms with Crippen LogP contribution in [0, 0.1) is 5.92 Å². The fourth-order valence-corrected chi connectivity index (χ4v) is 3.20. The van der Waals surface area contributed by atoms with Crippen molar-refractivity contribution in [3.05, 3.63) is 36.2 Å². The Morgan fingerprint density at radius 2 is 1.86 bits per heavy atom. The average Bonchev–Trinajstić information content (AvgIpc) is 2.62. The number of hydrogen-bond donors (Lipinski definition) is 1. The van der Waals surface area contributed by atoms with Crippen molar-refractivity contribution in [1.82, 2.24) is 19.9 Å². The molecule has 0 spiro atoms. The summed E-state index contributed by atoms with van der Waals surface area (Å²) in [5.41, 5.74) is 1.68. The molecule has 154 valence electrons. The lowest BCUT2D eigenvalue weighted by Gasteiger charge is -2.27. The summed E-state index contributed by atoms with van der Waals surface area (Å²) in [5, 5.41) is 7.61. The van der Waals surface area contributed by atoms with E-state index in [1.807, 2.05) is 18.8 Å². The molecule has 0 saturated carbocycles. The van der Waals surface area contributed by atoms with Gasteiger partial charge in [-0.3, -0.25) is 0 Å². The van der Waals surface area contributed by atoms with Crippen LogP contribution in [0.4, 0.5) is 22.0 Å². The molecule has 28 heavy (non-hydrogen) atoms. The van der Waals surface area contributed by atoms with E-state index in [0.717, 1.165) is 49.3 Å². The van der Waals surface area contributed by atoms with Crippen molar-refractivity contribution in [2.75, 3.05) is 13.6 Å². The lowest BCUT2D eigenvalue weighted by Crippen LogP contribution is -2.41. The van der Waals surface area contributed by atoms with Gasteiger partial charge in [0.2, 0.25) is 0 Å². The minimum atomic E-state index is -5.78. The van der Waals surface area contributed by atoms with Crippen LogP contribution in [0.25, 0.3) is 11.3 Å². The second-order valence-corrected chi connectivity index (χ2v) is 6.77. The summed E-state index contributed by atoms with van der Waals surface area (Å²) in [6.45, 7) is 0.972. The van der Waals surface area contributed by atoms with Crippen LogP contribution in [0.15, 0.2) is 30.3 Å². The first-order chi connectivity index (χ1) is 13.1. The number of halogens is 5. The van der Waals surface area contributed by atoms with Crippen LogP contribution in [-0.2, 0) is 7.05 Å². The van der Waals surface area contributed by atoms with Crippen molar-refractivity contribution in [3.63, 3.8) is 0 Å². The highest BCUT2D eigenvalue weighted by Crippen LogP contribution is 2.37. The number of nitrogens with one attached hydrogen (secondary N) is 1. The molecule has 1 atom stereocenters. The third kappa shape index (κ3) is 4.06. The molecule has 3 rings (SSSR count). The summed E-state index contributed by atoms with van der Waals surface area (Å²) in [7, 11) is 3.74. The molecule has 0 aliphatic heterocycles. The molecular formula is C18H21F5N4O. The first-order valence-corrected chi connectivity index (χ1v) is 8.82. The molecule has 0 amide bonds. The molecule has 1 aliphatic rings. The van der Waals surface area contributed by atoms with Crippen LogP contribution in [-0.4, -0.2) is 40.5 Å². The van der Waals surface area contributed by atoms with Crippen molar-refractivity contribution in [2.24, 2.45) is 13.0 Å². The van der Waals surface area contributed by atoms with E-state index in [-0.39, 0.29) is 0 Å². The number of rotatable bonds is 6. The molecule has 1 heterocycles. The quantitative estimate of drug-likeness (QED) is 0.736. The number of alkyl halides is 5. The van der Waals surface area contributed by atoms with E-state index in [2.05, 4.69) is 21.2 Å². The number of benzene rings is 1. The van der Waals surface area contributed by atoms with E-state index in [1.54, 1.807) is 4.80 Å². The lowest BCUT2D eigenvalue weighted by atomic mass is 9.89. The fraction of sp³-hybridized carbons (Fsp3) is 0.500. The summed E-state index contributed by atoms with van der Waals surface area (Å²) in [5.74, 6) is 0.856. The van der Waals surface area contributed by atoms with Gasteiger partial charge in [0.25, 0.3) is 0 Å². The third-order valence-electron chi connectivity index (χ3n) is 4.72. The molecule has 0 fully saturated rings. The fourth-order valence-electron chi connectivity index (χ4n) is 3.20. The Bertz CT molecular complexity index is 835. The zero-order chi connectivity index (χ0) is 20.5. The largest absolute Gasteiger partial charge is 0.499 e. The molecule has 5 nitrogen and oxygen atoms in total. The van der Waals surface area contributed by atoms with Gasteiger partial charge in [0.15, 0.2) is 5.82 Å². The molecule has 0 saturated heterocycles. The van der Waals surface area contributed by atoms with Crippen LogP contribution < -0.4 is 10.1 Å². The average molecular weight is 404 g/mol. The van der Waals surface area contributed by atoms with Gasteiger partial charge in [-0.15, -0.1) is 5.10 Å². The van der Waals surface area contributed by atoms with Crippen molar-refractivity contribution < 1.29 is 26.7 Å². The van der Waals surface area contributed by atoms with Crippen LogP contribution >= 0.6 is 0 Å². The van der Waals surface area contributed by atoms with E-state index in [4.69, 9.17) is 0 Å². The zero-order valence-electron chi connectivity index (χ0n) is 15.4. The predicted octanol–water partition coefficient (Wildman–Crippen LogP) is 4.15. The van der Waals surface area contributed by atoms with Crippen molar-refractivity contribution in [2.45, 2.75) is 31.5 Å². The Morgan fingerprint density at radius 3 is 2.36 bits per heavy atom. The second-order valence-electron chi connectivity index (χ2n) is 6.77. The smallest absolute Gasteiger partial charge is 0.426 e. The van der Waals surface area contributed by atoms with Crippen molar-refractivity contribution in [1.29, 1.82) is 0 Å². The van der Waals surface area contributed by atoms with E-state index in [0.29, 0.717) is 11.6 Å². The van der Waals surface area contributed by atoms with Gasteiger partial charge in [0, 0.05) is 7.05 Å². The molecule has 10 heteroatoms. The zero-order valence-corrected chi connectivity index (χ0v) is 15.4. The summed E-state index contributed by atoms with van der Waals surface area (Å²) < 4.78 is 68.1. The summed E-state index contributed by atoms with van der Waals surface area (Å²) >= 11 is 0. The molecule has 1 aromatic heterocycles. The first kappa shape index (κ1) is 20.4. The van der Waals surface area contributed by atoms with Gasteiger partial charge in [-0.05, 0) is 68.6 Å². The van der Waals surface area contributed by atoms with Gasteiger partial charge >= 0.3 is 12.3 Å². The minimum absolute atomic E-state index is 0.526. The second kappa shape index (κ2) is 7.57. The van der Waals surface area contributed by atoms with Gasteiger partial charge < -0.3 is 10.1 Å².